The van der Waals surface area contributed by atoms with Crippen molar-refractivity contribution in [2.24, 2.45) is 0 Å². The number of rotatable bonds is 5. The normalized spacial score (nSPS) is 11.7. The Morgan fingerprint density at radius 1 is 0.919 bits per heavy atom. The summed E-state index contributed by atoms with van der Waals surface area (Å²) >= 11 is 5.94. The minimum absolute atomic E-state index is 0.0354. The van der Waals surface area contributed by atoms with Gasteiger partial charge in [-0.25, -0.2) is 13.4 Å². The van der Waals surface area contributed by atoms with Gasteiger partial charge in [0, 0.05) is 33.7 Å². The average Bonchev–Trinajstić information content (AvgIpc) is 3.39. The van der Waals surface area contributed by atoms with Crippen LogP contribution in [0.25, 0.3) is 27.6 Å². The van der Waals surface area contributed by atoms with E-state index < -0.39 is 15.4 Å². The van der Waals surface area contributed by atoms with Gasteiger partial charge in [0.2, 0.25) is 15.8 Å². The van der Waals surface area contributed by atoms with E-state index in [0.29, 0.717) is 16.1 Å². The second kappa shape index (κ2) is 8.88. The van der Waals surface area contributed by atoms with Crippen molar-refractivity contribution in [3.05, 3.63) is 113 Å². The summed E-state index contributed by atoms with van der Waals surface area (Å²) in [6, 6.07) is 23.5. The standard InChI is InChI=1S/C27H18ClN5O3S/c28-18-9-11-20(12-10-18)37(35,36)24-15-17-16-30-27(31-23-8-4-7-22-21(23)13-14-29-22)32-25(17)33(26(24)34)19-5-2-1-3-6-19/h1-16,29H,(H,30,31,32). The molecule has 0 amide bonds. The SMILES string of the molecule is O=c1c(S(=O)(=O)c2ccc(Cl)cc2)cc2cnc(Nc3cccc4[nH]ccc34)nc2n1-c1ccccc1. The summed E-state index contributed by atoms with van der Waals surface area (Å²) in [7, 11) is -4.15. The lowest BCUT2D eigenvalue weighted by Gasteiger charge is -2.14. The first-order chi connectivity index (χ1) is 17.9. The topological polar surface area (TPSA) is 110 Å². The zero-order chi connectivity index (χ0) is 25.6. The molecule has 10 heteroatoms. The van der Waals surface area contributed by atoms with Crippen LogP contribution in [0.5, 0.6) is 0 Å². The van der Waals surface area contributed by atoms with E-state index in [1.54, 1.807) is 24.3 Å². The summed E-state index contributed by atoms with van der Waals surface area (Å²) in [6.07, 6.45) is 3.34. The summed E-state index contributed by atoms with van der Waals surface area (Å²) in [6.45, 7) is 0. The number of fused-ring (bicyclic) bond motifs is 2. The van der Waals surface area contributed by atoms with Gasteiger partial charge in [0.15, 0.2) is 5.65 Å². The Bertz CT molecular complexity index is 1950. The van der Waals surface area contributed by atoms with Gasteiger partial charge in [-0.05, 0) is 60.7 Å². The van der Waals surface area contributed by atoms with Crippen LogP contribution in [0.2, 0.25) is 5.02 Å². The van der Waals surface area contributed by atoms with Crippen molar-refractivity contribution in [2.75, 3.05) is 5.32 Å². The van der Waals surface area contributed by atoms with E-state index in [1.807, 2.05) is 36.5 Å². The number of benzene rings is 3. The zero-order valence-electron chi connectivity index (χ0n) is 19.1. The first-order valence-corrected chi connectivity index (χ1v) is 13.1. The second-order valence-corrected chi connectivity index (χ2v) is 10.6. The van der Waals surface area contributed by atoms with E-state index in [-0.39, 0.29) is 21.4 Å². The lowest BCUT2D eigenvalue weighted by Crippen LogP contribution is -2.26. The fourth-order valence-corrected chi connectivity index (χ4v) is 5.67. The molecule has 6 aromatic rings. The fraction of sp³-hybridized carbons (Fsp3) is 0. The van der Waals surface area contributed by atoms with E-state index in [4.69, 9.17) is 11.6 Å². The monoisotopic (exact) mass is 527 g/mol. The average molecular weight is 528 g/mol. The highest BCUT2D eigenvalue weighted by Crippen LogP contribution is 2.27. The molecule has 0 unspecified atom stereocenters. The van der Waals surface area contributed by atoms with Gasteiger partial charge in [0.1, 0.15) is 4.90 Å². The van der Waals surface area contributed by atoms with Crippen LogP contribution < -0.4 is 10.9 Å². The predicted molar refractivity (Wildman–Crippen MR) is 144 cm³/mol. The van der Waals surface area contributed by atoms with E-state index in [9.17, 15) is 13.2 Å². The Morgan fingerprint density at radius 2 is 1.70 bits per heavy atom. The van der Waals surface area contributed by atoms with E-state index in [0.717, 1.165) is 16.6 Å². The summed E-state index contributed by atoms with van der Waals surface area (Å²) < 4.78 is 28.3. The number of anilines is 2. The van der Waals surface area contributed by atoms with Gasteiger partial charge < -0.3 is 10.3 Å². The molecule has 0 aliphatic carbocycles. The summed E-state index contributed by atoms with van der Waals surface area (Å²) in [5.41, 5.74) is 1.76. The Morgan fingerprint density at radius 3 is 2.49 bits per heavy atom. The first-order valence-electron chi connectivity index (χ1n) is 11.2. The summed E-state index contributed by atoms with van der Waals surface area (Å²) in [4.78, 5) is 25.5. The van der Waals surface area contributed by atoms with Crippen LogP contribution in [0.15, 0.2) is 112 Å². The maximum absolute atomic E-state index is 13.8. The number of sulfone groups is 1. The molecule has 0 aliphatic heterocycles. The molecule has 3 aromatic carbocycles. The summed E-state index contributed by atoms with van der Waals surface area (Å²) in [5, 5.41) is 4.95. The highest BCUT2D eigenvalue weighted by molar-refractivity contribution is 7.91. The van der Waals surface area contributed by atoms with Gasteiger partial charge >= 0.3 is 0 Å². The van der Waals surface area contributed by atoms with Gasteiger partial charge in [-0.2, -0.15) is 4.98 Å². The van der Waals surface area contributed by atoms with Crippen LogP contribution in [0, 0.1) is 0 Å². The minimum atomic E-state index is -4.15. The molecule has 8 nitrogen and oxygen atoms in total. The molecule has 0 atom stereocenters. The third-order valence-corrected chi connectivity index (χ3v) is 7.99. The quantitative estimate of drug-likeness (QED) is 0.307. The van der Waals surface area contributed by atoms with Crippen molar-refractivity contribution in [3.63, 3.8) is 0 Å². The van der Waals surface area contributed by atoms with Crippen LogP contribution >= 0.6 is 11.6 Å². The van der Waals surface area contributed by atoms with Crippen LogP contribution in [-0.4, -0.2) is 27.9 Å². The molecule has 0 radical (unpaired) electrons. The molecule has 0 aliphatic rings. The number of aromatic amines is 1. The molecule has 3 heterocycles. The lowest BCUT2D eigenvalue weighted by atomic mass is 10.2. The highest BCUT2D eigenvalue weighted by Gasteiger charge is 2.25. The molecule has 0 fully saturated rings. The molecule has 0 saturated heterocycles. The van der Waals surface area contributed by atoms with Gasteiger partial charge in [0.05, 0.1) is 16.3 Å². The third-order valence-electron chi connectivity index (χ3n) is 5.98. The van der Waals surface area contributed by atoms with Crippen molar-refractivity contribution in [3.8, 4) is 5.69 Å². The molecule has 182 valence electrons. The lowest BCUT2D eigenvalue weighted by molar-refractivity contribution is 0.594. The fourth-order valence-electron chi connectivity index (χ4n) is 4.20. The Hall–Kier alpha value is -4.47. The molecule has 3 aromatic heterocycles. The van der Waals surface area contributed by atoms with E-state index in [1.165, 1.54) is 41.1 Å². The van der Waals surface area contributed by atoms with Crippen LogP contribution in [0.1, 0.15) is 0 Å². The van der Waals surface area contributed by atoms with Crippen molar-refractivity contribution in [2.45, 2.75) is 9.79 Å². The van der Waals surface area contributed by atoms with Crippen LogP contribution in [0.3, 0.4) is 0 Å². The van der Waals surface area contributed by atoms with Crippen molar-refractivity contribution >= 4 is 55.0 Å². The number of hydrogen-bond donors (Lipinski definition) is 2. The molecule has 0 spiro atoms. The smallest absolute Gasteiger partial charge is 0.275 e. The van der Waals surface area contributed by atoms with Crippen LogP contribution in [-0.2, 0) is 9.84 Å². The van der Waals surface area contributed by atoms with Crippen molar-refractivity contribution in [1.29, 1.82) is 0 Å². The van der Waals surface area contributed by atoms with Gasteiger partial charge in [-0.1, -0.05) is 35.9 Å². The second-order valence-electron chi connectivity index (χ2n) is 8.28. The molecule has 37 heavy (non-hydrogen) atoms. The van der Waals surface area contributed by atoms with Crippen molar-refractivity contribution in [1.82, 2.24) is 19.5 Å². The molecular weight excluding hydrogens is 510 g/mol. The van der Waals surface area contributed by atoms with E-state index in [2.05, 4.69) is 20.3 Å². The largest absolute Gasteiger partial charge is 0.361 e. The van der Waals surface area contributed by atoms with E-state index >= 15 is 0 Å². The molecule has 2 N–H and O–H groups in total. The van der Waals surface area contributed by atoms with Crippen LogP contribution in [0.4, 0.5) is 11.6 Å². The maximum atomic E-state index is 13.8. The molecule has 0 saturated carbocycles. The number of nitrogens with one attached hydrogen (secondary N) is 2. The number of nitrogens with zero attached hydrogens (tertiary/aromatic N) is 3. The number of pyridine rings is 1. The predicted octanol–water partition coefficient (Wildman–Crippen LogP) is 5.49. The molecule has 6 rings (SSSR count). The first kappa shape index (κ1) is 23.0. The summed E-state index contributed by atoms with van der Waals surface area (Å²) in [5.74, 6) is 0.263. The molecular formula is C27H18ClN5O3S. The van der Waals surface area contributed by atoms with Crippen molar-refractivity contribution < 1.29 is 8.42 Å². The Kier molecular flexibility index (Phi) is 5.51. The minimum Gasteiger partial charge on any atom is -0.361 e. The Balaban J connectivity index is 1.56. The Labute approximate surface area is 216 Å². The van der Waals surface area contributed by atoms with Gasteiger partial charge in [0.25, 0.3) is 5.56 Å². The number of para-hydroxylation sites is 1. The highest BCUT2D eigenvalue weighted by atomic mass is 35.5. The number of aromatic nitrogens is 4. The zero-order valence-corrected chi connectivity index (χ0v) is 20.7. The number of halogens is 1. The number of hydrogen-bond acceptors (Lipinski definition) is 6. The third kappa shape index (κ3) is 4.04. The van der Waals surface area contributed by atoms with Gasteiger partial charge in [-0.3, -0.25) is 9.36 Å². The van der Waals surface area contributed by atoms with Gasteiger partial charge in [-0.15, -0.1) is 0 Å². The molecule has 0 bridgehead atoms. The number of H-pyrrole nitrogens is 1. The maximum Gasteiger partial charge on any atom is 0.275 e.